The number of rotatable bonds is 6. The minimum absolute atomic E-state index is 0.489. The molecule has 1 heterocycles. The maximum Gasteiger partial charge on any atom is 0.118 e. The van der Waals surface area contributed by atoms with E-state index in [0.29, 0.717) is 6.04 Å². The molecule has 0 saturated carbocycles. The smallest absolute Gasteiger partial charge is 0.118 e. The van der Waals surface area contributed by atoms with Crippen LogP contribution < -0.4 is 10.1 Å². The Kier molecular flexibility index (Phi) is 5.39. The van der Waals surface area contributed by atoms with Crippen molar-refractivity contribution < 1.29 is 4.74 Å². The number of nitrogens with one attached hydrogen (secondary N) is 1. The second kappa shape index (κ2) is 7.05. The largest absolute Gasteiger partial charge is 0.497 e. The van der Waals surface area contributed by atoms with Crippen LogP contribution in [-0.4, -0.2) is 24.7 Å². The average Bonchev–Trinajstić information content (AvgIpc) is 2.94. The van der Waals surface area contributed by atoms with Crippen molar-refractivity contribution in [3.8, 4) is 5.75 Å². The summed E-state index contributed by atoms with van der Waals surface area (Å²) in [7, 11) is 1.72. The third-order valence-corrected chi connectivity index (χ3v) is 4.89. The quantitative estimate of drug-likeness (QED) is 0.848. The predicted octanol–water partition coefficient (Wildman–Crippen LogP) is 3.63. The second-order valence-electron chi connectivity index (χ2n) is 4.76. The van der Waals surface area contributed by atoms with Gasteiger partial charge in [0, 0.05) is 11.3 Å². The Balaban J connectivity index is 2.10. The van der Waals surface area contributed by atoms with E-state index < -0.39 is 0 Å². The molecule has 2 atom stereocenters. The molecule has 2 rings (SSSR count). The Morgan fingerprint density at radius 1 is 1.39 bits per heavy atom. The molecule has 18 heavy (non-hydrogen) atoms. The van der Waals surface area contributed by atoms with Crippen LogP contribution in [0.3, 0.4) is 0 Å². The van der Waals surface area contributed by atoms with E-state index in [2.05, 4.69) is 48.3 Å². The summed E-state index contributed by atoms with van der Waals surface area (Å²) in [6.07, 6.45) is 3.87. The highest BCUT2D eigenvalue weighted by Crippen LogP contribution is 2.36. The molecule has 1 N–H and O–H groups in total. The number of hydrogen-bond donors (Lipinski definition) is 1. The molecule has 1 aliphatic heterocycles. The first kappa shape index (κ1) is 13.8. The Morgan fingerprint density at radius 2 is 2.17 bits per heavy atom. The van der Waals surface area contributed by atoms with Gasteiger partial charge in [0.2, 0.25) is 0 Å². The SMILES string of the molecule is CCCNC(c1ccc(OC)cc1)C1CCCS1. The average molecular weight is 265 g/mol. The zero-order chi connectivity index (χ0) is 12.8. The molecule has 0 aliphatic carbocycles. The molecule has 0 aromatic heterocycles. The minimum atomic E-state index is 0.489. The van der Waals surface area contributed by atoms with Crippen molar-refractivity contribution in [2.45, 2.75) is 37.5 Å². The third kappa shape index (κ3) is 3.42. The predicted molar refractivity (Wildman–Crippen MR) is 79.5 cm³/mol. The maximum absolute atomic E-state index is 5.23. The van der Waals surface area contributed by atoms with Crippen LogP contribution in [0.5, 0.6) is 5.75 Å². The number of benzene rings is 1. The second-order valence-corrected chi connectivity index (χ2v) is 6.10. The lowest BCUT2D eigenvalue weighted by Crippen LogP contribution is -2.29. The van der Waals surface area contributed by atoms with Crippen LogP contribution in [0.1, 0.15) is 37.8 Å². The monoisotopic (exact) mass is 265 g/mol. The van der Waals surface area contributed by atoms with Gasteiger partial charge in [-0.3, -0.25) is 0 Å². The molecule has 2 unspecified atom stereocenters. The highest BCUT2D eigenvalue weighted by molar-refractivity contribution is 8.00. The Hall–Kier alpha value is -0.670. The van der Waals surface area contributed by atoms with E-state index in [-0.39, 0.29) is 0 Å². The van der Waals surface area contributed by atoms with Gasteiger partial charge in [-0.15, -0.1) is 0 Å². The summed E-state index contributed by atoms with van der Waals surface area (Å²) in [5, 5.41) is 4.43. The molecule has 0 radical (unpaired) electrons. The van der Waals surface area contributed by atoms with Crippen LogP contribution in [0.4, 0.5) is 0 Å². The van der Waals surface area contributed by atoms with Gasteiger partial charge in [0.05, 0.1) is 7.11 Å². The van der Waals surface area contributed by atoms with Crippen LogP contribution in [0.2, 0.25) is 0 Å². The van der Waals surface area contributed by atoms with Crippen molar-refractivity contribution >= 4 is 11.8 Å². The highest BCUT2D eigenvalue weighted by atomic mass is 32.2. The fraction of sp³-hybridized carbons (Fsp3) is 0.600. The van der Waals surface area contributed by atoms with E-state index in [1.54, 1.807) is 7.11 Å². The topological polar surface area (TPSA) is 21.3 Å². The molecule has 1 aromatic carbocycles. The first-order valence-corrected chi connectivity index (χ1v) is 7.89. The van der Waals surface area contributed by atoms with Crippen molar-refractivity contribution in [2.24, 2.45) is 0 Å². The van der Waals surface area contributed by atoms with E-state index in [1.165, 1.54) is 30.6 Å². The van der Waals surface area contributed by atoms with Gasteiger partial charge in [-0.25, -0.2) is 0 Å². The first-order chi connectivity index (χ1) is 8.85. The van der Waals surface area contributed by atoms with Gasteiger partial charge < -0.3 is 10.1 Å². The number of hydrogen-bond acceptors (Lipinski definition) is 3. The van der Waals surface area contributed by atoms with Crippen molar-refractivity contribution in [3.05, 3.63) is 29.8 Å². The van der Waals surface area contributed by atoms with Crippen molar-refractivity contribution in [3.63, 3.8) is 0 Å². The van der Waals surface area contributed by atoms with Gasteiger partial charge in [0.1, 0.15) is 5.75 Å². The molecule has 0 bridgehead atoms. The van der Waals surface area contributed by atoms with E-state index in [0.717, 1.165) is 17.5 Å². The molecule has 1 saturated heterocycles. The van der Waals surface area contributed by atoms with E-state index in [4.69, 9.17) is 4.74 Å². The van der Waals surface area contributed by atoms with Gasteiger partial charge in [-0.05, 0) is 49.3 Å². The molecule has 100 valence electrons. The fourth-order valence-electron chi connectivity index (χ4n) is 2.44. The molecule has 2 nitrogen and oxygen atoms in total. The van der Waals surface area contributed by atoms with Crippen LogP contribution in [0, 0.1) is 0 Å². The van der Waals surface area contributed by atoms with E-state index >= 15 is 0 Å². The summed E-state index contributed by atoms with van der Waals surface area (Å²) < 4.78 is 5.23. The lowest BCUT2D eigenvalue weighted by molar-refractivity contribution is 0.414. The van der Waals surface area contributed by atoms with Crippen LogP contribution in [0.15, 0.2) is 24.3 Å². The maximum atomic E-state index is 5.23. The van der Waals surface area contributed by atoms with Gasteiger partial charge in [-0.1, -0.05) is 19.1 Å². The molecule has 1 aliphatic rings. The van der Waals surface area contributed by atoms with Gasteiger partial charge in [0.15, 0.2) is 0 Å². The summed E-state index contributed by atoms with van der Waals surface area (Å²) in [6.45, 7) is 3.31. The summed E-state index contributed by atoms with van der Waals surface area (Å²) in [5.74, 6) is 2.25. The minimum Gasteiger partial charge on any atom is -0.497 e. The third-order valence-electron chi connectivity index (χ3n) is 3.43. The lowest BCUT2D eigenvalue weighted by Gasteiger charge is -2.24. The number of ether oxygens (including phenoxy) is 1. The van der Waals surface area contributed by atoms with Crippen LogP contribution in [-0.2, 0) is 0 Å². The lowest BCUT2D eigenvalue weighted by atomic mass is 10.0. The zero-order valence-corrected chi connectivity index (χ0v) is 12.1. The molecule has 0 spiro atoms. The Morgan fingerprint density at radius 3 is 2.72 bits per heavy atom. The zero-order valence-electron chi connectivity index (χ0n) is 11.3. The Labute approximate surface area is 114 Å². The molecular weight excluding hydrogens is 242 g/mol. The summed E-state index contributed by atoms with van der Waals surface area (Å²) in [6, 6.07) is 9.02. The van der Waals surface area contributed by atoms with Gasteiger partial charge >= 0.3 is 0 Å². The molecule has 1 aromatic rings. The van der Waals surface area contributed by atoms with E-state index in [9.17, 15) is 0 Å². The fourth-order valence-corrected chi connectivity index (χ4v) is 3.86. The number of thioether (sulfide) groups is 1. The van der Waals surface area contributed by atoms with Crippen LogP contribution >= 0.6 is 11.8 Å². The molecular formula is C15H23NOS. The number of methoxy groups -OCH3 is 1. The molecule has 3 heteroatoms. The van der Waals surface area contributed by atoms with Crippen LogP contribution in [0.25, 0.3) is 0 Å². The summed E-state index contributed by atoms with van der Waals surface area (Å²) in [5.41, 5.74) is 1.39. The molecule has 1 fully saturated rings. The van der Waals surface area contributed by atoms with Gasteiger partial charge in [0.25, 0.3) is 0 Å². The first-order valence-electron chi connectivity index (χ1n) is 6.84. The van der Waals surface area contributed by atoms with Crippen molar-refractivity contribution in [2.75, 3.05) is 19.4 Å². The van der Waals surface area contributed by atoms with Gasteiger partial charge in [-0.2, -0.15) is 11.8 Å². The van der Waals surface area contributed by atoms with Crippen molar-refractivity contribution in [1.82, 2.24) is 5.32 Å². The highest BCUT2D eigenvalue weighted by Gasteiger charge is 2.26. The molecule has 0 amide bonds. The standard InChI is InChI=1S/C15H23NOS/c1-3-10-16-15(14-5-4-11-18-14)12-6-8-13(17-2)9-7-12/h6-9,14-16H,3-5,10-11H2,1-2H3. The van der Waals surface area contributed by atoms with Crippen molar-refractivity contribution in [1.29, 1.82) is 0 Å². The summed E-state index contributed by atoms with van der Waals surface area (Å²) >= 11 is 2.11. The Bertz CT molecular complexity index is 346. The van der Waals surface area contributed by atoms with E-state index in [1.807, 2.05) is 0 Å². The normalized spacial score (nSPS) is 20.9. The summed E-state index contributed by atoms with van der Waals surface area (Å²) in [4.78, 5) is 0.